The lowest BCUT2D eigenvalue weighted by atomic mass is 10.0. The van der Waals surface area contributed by atoms with E-state index in [1.807, 2.05) is 0 Å². The molecule has 1 aliphatic heterocycles. The Morgan fingerprint density at radius 2 is 2.00 bits per heavy atom. The Bertz CT molecular complexity index is 380. The second-order valence-corrected chi connectivity index (χ2v) is 5.14. The van der Waals surface area contributed by atoms with Gasteiger partial charge in [0.2, 0.25) is 11.8 Å². The SMILES string of the molecule is COCC(=O)N1CCC(NC(=O)C(N)CCC(=O)O)CC1. The molecule has 21 heavy (non-hydrogen) atoms. The van der Waals surface area contributed by atoms with Crippen molar-refractivity contribution < 1.29 is 24.2 Å². The first-order valence-electron chi connectivity index (χ1n) is 6.98. The van der Waals surface area contributed by atoms with Crippen molar-refractivity contribution in [3.8, 4) is 0 Å². The maximum atomic E-state index is 11.8. The predicted molar refractivity (Wildman–Crippen MR) is 74.5 cm³/mol. The van der Waals surface area contributed by atoms with Crippen LogP contribution in [0.3, 0.4) is 0 Å². The molecule has 1 saturated heterocycles. The highest BCUT2D eigenvalue weighted by Crippen LogP contribution is 2.11. The number of nitrogens with zero attached hydrogens (tertiary/aromatic N) is 1. The van der Waals surface area contributed by atoms with Gasteiger partial charge in [-0.2, -0.15) is 0 Å². The number of nitrogens with two attached hydrogens (primary N) is 1. The minimum absolute atomic E-state index is 0.0278. The number of carbonyl (C=O) groups is 3. The normalized spacial score (nSPS) is 17.3. The van der Waals surface area contributed by atoms with Crippen molar-refractivity contribution in [2.24, 2.45) is 5.73 Å². The molecule has 0 aromatic rings. The molecule has 1 rings (SSSR count). The number of hydrogen-bond acceptors (Lipinski definition) is 5. The zero-order chi connectivity index (χ0) is 15.8. The molecule has 1 atom stereocenters. The molecule has 0 spiro atoms. The molecule has 1 fully saturated rings. The van der Waals surface area contributed by atoms with Crippen LogP contribution in [0.4, 0.5) is 0 Å². The quantitative estimate of drug-likeness (QED) is 0.550. The van der Waals surface area contributed by atoms with Gasteiger partial charge in [0.05, 0.1) is 6.04 Å². The Morgan fingerprint density at radius 1 is 1.38 bits per heavy atom. The minimum atomic E-state index is -0.969. The molecule has 1 unspecified atom stereocenters. The van der Waals surface area contributed by atoms with E-state index in [2.05, 4.69) is 5.32 Å². The van der Waals surface area contributed by atoms with Crippen LogP contribution in [0.25, 0.3) is 0 Å². The fourth-order valence-corrected chi connectivity index (χ4v) is 2.21. The lowest BCUT2D eigenvalue weighted by Gasteiger charge is -2.32. The van der Waals surface area contributed by atoms with E-state index in [0.717, 1.165) is 0 Å². The minimum Gasteiger partial charge on any atom is -0.481 e. The first-order chi connectivity index (χ1) is 9.93. The molecule has 0 aromatic heterocycles. The van der Waals surface area contributed by atoms with Gasteiger partial charge < -0.3 is 25.8 Å². The van der Waals surface area contributed by atoms with Crippen LogP contribution in [-0.4, -0.2) is 66.7 Å². The van der Waals surface area contributed by atoms with E-state index in [4.69, 9.17) is 15.6 Å². The van der Waals surface area contributed by atoms with Crippen molar-refractivity contribution in [1.82, 2.24) is 10.2 Å². The second-order valence-electron chi connectivity index (χ2n) is 5.14. The molecular formula is C13H23N3O5. The van der Waals surface area contributed by atoms with Crippen LogP contribution in [0.2, 0.25) is 0 Å². The number of carboxylic acids is 1. The number of amides is 2. The highest BCUT2D eigenvalue weighted by atomic mass is 16.5. The van der Waals surface area contributed by atoms with Crippen LogP contribution in [0.5, 0.6) is 0 Å². The van der Waals surface area contributed by atoms with E-state index in [-0.39, 0.29) is 37.3 Å². The van der Waals surface area contributed by atoms with E-state index in [1.165, 1.54) is 7.11 Å². The molecule has 2 amide bonds. The largest absolute Gasteiger partial charge is 0.481 e. The molecule has 0 radical (unpaired) electrons. The van der Waals surface area contributed by atoms with Crippen molar-refractivity contribution >= 4 is 17.8 Å². The molecule has 4 N–H and O–H groups in total. The molecule has 0 saturated carbocycles. The number of ether oxygens (including phenoxy) is 1. The van der Waals surface area contributed by atoms with Gasteiger partial charge in [0.1, 0.15) is 6.61 Å². The van der Waals surface area contributed by atoms with Gasteiger partial charge in [0.15, 0.2) is 0 Å². The number of likely N-dealkylation sites (tertiary alicyclic amines) is 1. The summed E-state index contributed by atoms with van der Waals surface area (Å²) in [5, 5.41) is 11.4. The van der Waals surface area contributed by atoms with Crippen LogP contribution < -0.4 is 11.1 Å². The van der Waals surface area contributed by atoms with Gasteiger partial charge in [-0.05, 0) is 19.3 Å². The molecular weight excluding hydrogens is 278 g/mol. The maximum Gasteiger partial charge on any atom is 0.303 e. The van der Waals surface area contributed by atoms with Crippen LogP contribution in [0.15, 0.2) is 0 Å². The van der Waals surface area contributed by atoms with Crippen LogP contribution in [-0.2, 0) is 19.1 Å². The third-order valence-electron chi connectivity index (χ3n) is 3.47. The van der Waals surface area contributed by atoms with Crippen molar-refractivity contribution in [2.75, 3.05) is 26.8 Å². The Balaban J connectivity index is 2.30. The molecule has 8 nitrogen and oxygen atoms in total. The number of piperidine rings is 1. The van der Waals surface area contributed by atoms with Gasteiger partial charge in [-0.25, -0.2) is 0 Å². The van der Waals surface area contributed by atoms with Crippen LogP contribution in [0.1, 0.15) is 25.7 Å². The third-order valence-corrected chi connectivity index (χ3v) is 3.47. The Morgan fingerprint density at radius 3 is 2.52 bits per heavy atom. The summed E-state index contributed by atoms with van der Waals surface area (Å²) in [7, 11) is 1.48. The van der Waals surface area contributed by atoms with Crippen molar-refractivity contribution in [3.63, 3.8) is 0 Å². The predicted octanol–water partition coefficient (Wildman–Crippen LogP) is -1.07. The number of rotatable bonds is 7. The second kappa shape index (κ2) is 8.58. The summed E-state index contributed by atoms with van der Waals surface area (Å²) in [4.78, 5) is 35.6. The fraction of sp³-hybridized carbons (Fsp3) is 0.769. The third kappa shape index (κ3) is 6.09. The van der Waals surface area contributed by atoms with Crippen molar-refractivity contribution in [1.29, 1.82) is 0 Å². The summed E-state index contributed by atoms with van der Waals surface area (Å²) in [5.41, 5.74) is 5.64. The van der Waals surface area contributed by atoms with Crippen molar-refractivity contribution in [2.45, 2.75) is 37.8 Å². The first kappa shape index (κ1) is 17.4. The molecule has 1 heterocycles. The van der Waals surface area contributed by atoms with E-state index < -0.39 is 12.0 Å². The zero-order valence-electron chi connectivity index (χ0n) is 12.2. The fourth-order valence-electron chi connectivity index (χ4n) is 2.21. The number of carbonyl (C=O) groups excluding carboxylic acids is 2. The number of nitrogens with one attached hydrogen (secondary N) is 1. The summed E-state index contributed by atoms with van der Waals surface area (Å²) < 4.78 is 4.80. The van der Waals surface area contributed by atoms with Crippen LogP contribution >= 0.6 is 0 Å². The van der Waals surface area contributed by atoms with E-state index >= 15 is 0 Å². The molecule has 120 valence electrons. The number of aliphatic carboxylic acids is 1. The van der Waals surface area contributed by atoms with Crippen molar-refractivity contribution in [3.05, 3.63) is 0 Å². The van der Waals surface area contributed by atoms with Crippen LogP contribution in [0, 0.1) is 0 Å². The Kier molecular flexibility index (Phi) is 7.10. The lowest BCUT2D eigenvalue weighted by Crippen LogP contribution is -2.51. The van der Waals surface area contributed by atoms with Gasteiger partial charge >= 0.3 is 5.97 Å². The Labute approximate surface area is 123 Å². The zero-order valence-corrected chi connectivity index (χ0v) is 12.2. The summed E-state index contributed by atoms with van der Waals surface area (Å²) in [6.07, 6.45) is 1.31. The Hall–Kier alpha value is -1.67. The molecule has 1 aliphatic rings. The highest BCUT2D eigenvalue weighted by Gasteiger charge is 2.25. The highest BCUT2D eigenvalue weighted by molar-refractivity contribution is 5.82. The topological polar surface area (TPSA) is 122 Å². The monoisotopic (exact) mass is 301 g/mol. The average molecular weight is 301 g/mol. The summed E-state index contributed by atoms with van der Waals surface area (Å²) >= 11 is 0. The van der Waals surface area contributed by atoms with Gasteiger partial charge in [-0.3, -0.25) is 14.4 Å². The van der Waals surface area contributed by atoms with Gasteiger partial charge in [0, 0.05) is 32.7 Å². The smallest absolute Gasteiger partial charge is 0.303 e. The van der Waals surface area contributed by atoms with Gasteiger partial charge in [0.25, 0.3) is 0 Å². The number of carboxylic acid groups (broad SMARTS) is 1. The number of methoxy groups -OCH3 is 1. The van der Waals surface area contributed by atoms with Gasteiger partial charge in [-0.15, -0.1) is 0 Å². The molecule has 0 aromatic carbocycles. The van der Waals surface area contributed by atoms with E-state index in [0.29, 0.717) is 25.9 Å². The number of hydrogen-bond donors (Lipinski definition) is 3. The summed E-state index contributed by atoms with van der Waals surface area (Å²) in [6, 6.07) is -0.839. The van der Waals surface area contributed by atoms with E-state index in [1.54, 1.807) is 4.90 Å². The first-order valence-corrected chi connectivity index (χ1v) is 6.98. The summed E-state index contributed by atoms with van der Waals surface area (Å²) in [6.45, 7) is 1.20. The summed E-state index contributed by atoms with van der Waals surface area (Å²) in [5.74, 6) is -1.36. The van der Waals surface area contributed by atoms with E-state index in [9.17, 15) is 14.4 Å². The standard InChI is InChI=1S/C13H23N3O5/c1-21-8-11(17)16-6-4-9(5-7-16)15-13(20)10(14)2-3-12(18)19/h9-10H,2-8,14H2,1H3,(H,15,20)(H,18,19). The average Bonchev–Trinajstić information content (AvgIpc) is 2.45. The molecule has 0 aliphatic carbocycles. The van der Waals surface area contributed by atoms with Gasteiger partial charge in [-0.1, -0.05) is 0 Å². The molecule has 8 heteroatoms. The lowest BCUT2D eigenvalue weighted by molar-refractivity contribution is -0.137. The molecule has 0 bridgehead atoms. The maximum absolute atomic E-state index is 11.8.